The Morgan fingerprint density at radius 3 is 1.83 bits per heavy atom. The van der Waals surface area contributed by atoms with Crippen LogP contribution >= 0.6 is 11.8 Å². The van der Waals surface area contributed by atoms with Crippen molar-refractivity contribution in [2.24, 2.45) is 5.92 Å². The SMILES string of the molecule is CSCC[C@H](NC(=O)[C@H](CC(C)C)N[C@@H](c1ccc(-c2ccc(S(C)(=O)=O)cc2)cc1)C(F)(F)F)C(=O)NS(=O)(=O)c1ccccc1. The van der Waals surface area contributed by atoms with Crippen LogP contribution in [0.3, 0.4) is 0 Å². The second-order valence-electron chi connectivity index (χ2n) is 11.4. The van der Waals surface area contributed by atoms with Gasteiger partial charge in [0.15, 0.2) is 9.84 Å². The summed E-state index contributed by atoms with van der Waals surface area (Å²) in [5, 5.41) is 4.92. The molecule has 0 fully saturated rings. The van der Waals surface area contributed by atoms with Gasteiger partial charge in [0.05, 0.1) is 15.8 Å². The van der Waals surface area contributed by atoms with Gasteiger partial charge in [0.2, 0.25) is 5.91 Å². The number of sulfone groups is 1. The molecule has 0 heterocycles. The average Bonchev–Trinajstić information content (AvgIpc) is 3.00. The molecule has 0 aliphatic carbocycles. The third-order valence-electron chi connectivity index (χ3n) is 7.11. The second kappa shape index (κ2) is 16.1. The molecule has 3 atom stereocenters. The number of hydrogen-bond donors (Lipinski definition) is 3. The number of amides is 2. The maximum absolute atomic E-state index is 14.5. The first-order chi connectivity index (χ1) is 21.9. The fourth-order valence-corrected chi connectivity index (χ4v) is 6.85. The summed E-state index contributed by atoms with van der Waals surface area (Å²) in [6.45, 7) is 3.47. The molecular weight excluding hydrogens is 676 g/mol. The molecule has 9 nitrogen and oxygen atoms in total. The molecule has 2 amide bonds. The van der Waals surface area contributed by atoms with Gasteiger partial charge in [-0.1, -0.05) is 68.4 Å². The molecule has 256 valence electrons. The van der Waals surface area contributed by atoms with Crippen molar-refractivity contribution < 1.29 is 39.6 Å². The van der Waals surface area contributed by atoms with Gasteiger partial charge in [0.25, 0.3) is 15.9 Å². The van der Waals surface area contributed by atoms with Crippen molar-refractivity contribution >= 4 is 43.4 Å². The molecule has 0 bridgehead atoms. The van der Waals surface area contributed by atoms with Crippen molar-refractivity contribution in [2.75, 3.05) is 18.3 Å². The van der Waals surface area contributed by atoms with Crippen molar-refractivity contribution in [2.45, 2.75) is 60.8 Å². The van der Waals surface area contributed by atoms with Crippen molar-refractivity contribution in [3.05, 3.63) is 84.4 Å². The van der Waals surface area contributed by atoms with E-state index in [1.165, 1.54) is 72.4 Å². The number of rotatable bonds is 15. The minimum absolute atomic E-state index is 0.0115. The number of sulfonamides is 1. The smallest absolute Gasteiger partial charge is 0.343 e. The van der Waals surface area contributed by atoms with E-state index in [4.69, 9.17) is 0 Å². The molecule has 0 spiro atoms. The molecule has 0 radical (unpaired) electrons. The molecule has 3 aromatic rings. The van der Waals surface area contributed by atoms with E-state index >= 15 is 0 Å². The van der Waals surface area contributed by atoms with Crippen LogP contribution in [0.15, 0.2) is 88.7 Å². The summed E-state index contributed by atoms with van der Waals surface area (Å²) in [5.74, 6) is -1.75. The molecule has 0 aromatic heterocycles. The standard InChI is InChI=1S/C32H38F3N3O6S3/c1-21(2)20-28(30(39)37-27(18-19-45-3)31(40)38-47(43,44)26-8-6-5-7-9-26)36-29(32(33,34)35)24-12-10-22(11-13-24)23-14-16-25(17-15-23)46(4,41)42/h5-17,21,27-29,36H,18-20H2,1-4H3,(H,37,39)(H,38,40)/t27-,28-,29-/m0/s1. The van der Waals surface area contributed by atoms with Crippen molar-refractivity contribution in [1.29, 1.82) is 0 Å². The first-order valence-electron chi connectivity index (χ1n) is 14.6. The zero-order valence-corrected chi connectivity index (χ0v) is 28.7. The van der Waals surface area contributed by atoms with Crippen LogP contribution in [0.1, 0.15) is 38.3 Å². The van der Waals surface area contributed by atoms with Crippen LogP contribution in [0.2, 0.25) is 0 Å². The molecule has 47 heavy (non-hydrogen) atoms. The zero-order chi connectivity index (χ0) is 35.0. The Balaban J connectivity index is 1.85. The van der Waals surface area contributed by atoms with Crippen LogP contribution in [0, 0.1) is 5.92 Å². The largest absolute Gasteiger partial charge is 0.407 e. The van der Waals surface area contributed by atoms with Gasteiger partial charge in [-0.25, -0.2) is 21.6 Å². The Kier molecular flexibility index (Phi) is 13.1. The van der Waals surface area contributed by atoms with E-state index in [2.05, 4.69) is 10.6 Å². The summed E-state index contributed by atoms with van der Waals surface area (Å²) in [7, 11) is -7.68. The molecule has 0 aliphatic rings. The summed E-state index contributed by atoms with van der Waals surface area (Å²) in [5.41, 5.74) is 0.988. The summed E-state index contributed by atoms with van der Waals surface area (Å²) in [6, 6.07) is 13.6. The van der Waals surface area contributed by atoms with Gasteiger partial charge in [-0.15, -0.1) is 0 Å². The maximum atomic E-state index is 14.5. The van der Waals surface area contributed by atoms with E-state index in [0.29, 0.717) is 16.9 Å². The van der Waals surface area contributed by atoms with Crippen LogP contribution in [-0.2, 0) is 29.4 Å². The quantitative estimate of drug-likeness (QED) is 0.198. The Labute approximate surface area is 278 Å². The Hall–Kier alpha value is -3.40. The van der Waals surface area contributed by atoms with Crippen molar-refractivity contribution in [3.8, 4) is 11.1 Å². The molecule has 0 aliphatic heterocycles. The van der Waals surface area contributed by atoms with Gasteiger partial charge in [-0.05, 0) is 71.7 Å². The summed E-state index contributed by atoms with van der Waals surface area (Å²) >= 11 is 1.35. The average molecular weight is 714 g/mol. The van der Waals surface area contributed by atoms with Crippen LogP contribution in [0.4, 0.5) is 13.2 Å². The van der Waals surface area contributed by atoms with Gasteiger partial charge in [0.1, 0.15) is 12.1 Å². The lowest BCUT2D eigenvalue weighted by molar-refractivity contribution is -0.161. The molecular formula is C32H38F3N3O6S3. The zero-order valence-electron chi connectivity index (χ0n) is 26.2. The molecule has 0 saturated heterocycles. The second-order valence-corrected chi connectivity index (χ2v) is 16.1. The maximum Gasteiger partial charge on any atom is 0.407 e. The highest BCUT2D eigenvalue weighted by Gasteiger charge is 2.43. The number of thioether (sulfide) groups is 1. The van der Waals surface area contributed by atoms with E-state index in [9.17, 15) is 39.6 Å². The number of alkyl halides is 3. The first-order valence-corrected chi connectivity index (χ1v) is 19.3. The Bertz CT molecular complexity index is 1720. The highest BCUT2D eigenvalue weighted by atomic mass is 32.2. The highest BCUT2D eigenvalue weighted by Crippen LogP contribution is 2.35. The minimum Gasteiger partial charge on any atom is -0.343 e. The van der Waals surface area contributed by atoms with Crippen molar-refractivity contribution in [1.82, 2.24) is 15.4 Å². The predicted octanol–water partition coefficient (Wildman–Crippen LogP) is 5.11. The number of hydrogen-bond acceptors (Lipinski definition) is 8. The molecule has 0 unspecified atom stereocenters. The summed E-state index contributed by atoms with van der Waals surface area (Å²) < 4.78 is 94.4. The fraction of sp³-hybridized carbons (Fsp3) is 0.375. The number of halogens is 3. The Morgan fingerprint density at radius 1 is 0.787 bits per heavy atom. The molecule has 15 heteroatoms. The lowest BCUT2D eigenvalue weighted by Gasteiger charge is -2.29. The molecule has 3 aromatic carbocycles. The number of benzene rings is 3. The lowest BCUT2D eigenvalue weighted by atomic mass is 9.97. The van der Waals surface area contributed by atoms with E-state index in [0.717, 1.165) is 6.26 Å². The van der Waals surface area contributed by atoms with Gasteiger partial charge >= 0.3 is 6.18 Å². The lowest BCUT2D eigenvalue weighted by Crippen LogP contribution is -2.55. The predicted molar refractivity (Wildman–Crippen MR) is 177 cm³/mol. The Morgan fingerprint density at radius 2 is 1.34 bits per heavy atom. The van der Waals surface area contributed by atoms with Gasteiger partial charge in [-0.2, -0.15) is 24.9 Å². The summed E-state index contributed by atoms with van der Waals surface area (Å²) in [6.07, 6.45) is -1.96. The fourth-order valence-electron chi connectivity index (χ4n) is 4.70. The van der Waals surface area contributed by atoms with E-state index in [1.54, 1.807) is 38.3 Å². The van der Waals surface area contributed by atoms with Gasteiger partial charge < -0.3 is 5.32 Å². The van der Waals surface area contributed by atoms with Crippen molar-refractivity contribution in [3.63, 3.8) is 0 Å². The third kappa shape index (κ3) is 11.1. The van der Waals surface area contributed by atoms with Crippen LogP contribution < -0.4 is 15.4 Å². The number of carbonyl (C=O) groups excluding carboxylic acids is 2. The van der Waals surface area contributed by atoms with Gasteiger partial charge in [0, 0.05) is 6.26 Å². The molecule has 3 rings (SSSR count). The third-order valence-corrected chi connectivity index (χ3v) is 10.2. The number of carbonyl (C=O) groups is 2. The normalized spacial score (nSPS) is 14.3. The monoisotopic (exact) mass is 713 g/mol. The van der Waals surface area contributed by atoms with Crippen LogP contribution in [-0.4, -0.2) is 65.2 Å². The van der Waals surface area contributed by atoms with Crippen LogP contribution in [0.5, 0.6) is 0 Å². The van der Waals surface area contributed by atoms with E-state index in [1.807, 2.05) is 4.72 Å². The molecule has 3 N–H and O–H groups in total. The molecule has 0 saturated carbocycles. The van der Waals surface area contributed by atoms with E-state index in [-0.39, 0.29) is 34.1 Å². The summed E-state index contributed by atoms with van der Waals surface area (Å²) in [4.78, 5) is 26.5. The van der Waals surface area contributed by atoms with Crippen LogP contribution in [0.25, 0.3) is 11.1 Å². The highest BCUT2D eigenvalue weighted by molar-refractivity contribution is 7.98. The topological polar surface area (TPSA) is 139 Å². The minimum atomic E-state index is -4.81. The van der Waals surface area contributed by atoms with E-state index < -0.39 is 56.0 Å². The first kappa shape index (κ1) is 38.1. The number of nitrogens with one attached hydrogen (secondary N) is 3. The van der Waals surface area contributed by atoms with Gasteiger partial charge in [-0.3, -0.25) is 14.9 Å².